The average Bonchev–Trinajstić information content (AvgIpc) is 4.19. The van der Waals surface area contributed by atoms with E-state index in [2.05, 4.69) is 5.32 Å². The van der Waals surface area contributed by atoms with Crippen molar-refractivity contribution in [1.29, 1.82) is 0 Å². The summed E-state index contributed by atoms with van der Waals surface area (Å²) in [6, 6.07) is 21.8. The Morgan fingerprint density at radius 1 is 0.934 bits per heavy atom. The quantitative estimate of drug-likeness (QED) is 0.129. The molecule has 1 aliphatic heterocycles. The third-order valence-electron chi connectivity index (χ3n) is 11.8. The van der Waals surface area contributed by atoms with Crippen molar-refractivity contribution < 1.29 is 48.3 Å². The van der Waals surface area contributed by atoms with Crippen LogP contribution in [0.2, 0.25) is 0 Å². The maximum Gasteiger partial charge on any atom is 0.338 e. The number of phenolic OH excluding ortho intramolecular Hbond substituents is 1. The number of likely N-dealkylation sites (N-methyl/N-ethyl adjacent to an activating group) is 1. The molecule has 0 aromatic heterocycles. The predicted molar refractivity (Wildman–Crippen MR) is 228 cm³/mol. The molecule has 3 fully saturated rings. The molecular weight excluding hydrogens is 777 g/mol. The minimum absolute atomic E-state index is 0.0101. The lowest BCUT2D eigenvalue weighted by Crippen LogP contribution is -2.53. The number of fused-ring (bicyclic) bond motifs is 1. The maximum absolute atomic E-state index is 14.6. The van der Waals surface area contributed by atoms with Crippen LogP contribution < -0.4 is 5.32 Å². The lowest BCUT2D eigenvalue weighted by molar-refractivity contribution is -0.209. The molecule has 3 aliphatic carbocycles. The van der Waals surface area contributed by atoms with Crippen molar-refractivity contribution >= 4 is 29.8 Å². The van der Waals surface area contributed by atoms with E-state index in [1.54, 1.807) is 58.2 Å². The first-order valence-electron chi connectivity index (χ1n) is 21.5. The van der Waals surface area contributed by atoms with Gasteiger partial charge in [-0.1, -0.05) is 72.8 Å². The van der Waals surface area contributed by atoms with Crippen molar-refractivity contribution in [3.05, 3.63) is 119 Å². The first-order valence-corrected chi connectivity index (χ1v) is 21.5. The molecule has 1 saturated heterocycles. The Labute approximate surface area is 357 Å². The number of aliphatic hydroxyl groups excluding tert-OH is 1. The third-order valence-corrected chi connectivity index (χ3v) is 11.8. The van der Waals surface area contributed by atoms with Crippen LogP contribution in [0.15, 0.2) is 96.6 Å². The van der Waals surface area contributed by atoms with E-state index in [-0.39, 0.29) is 43.3 Å². The van der Waals surface area contributed by atoms with E-state index in [0.29, 0.717) is 17.6 Å². The highest BCUT2D eigenvalue weighted by Crippen LogP contribution is 2.59. The second-order valence-electron chi connectivity index (χ2n) is 17.8. The van der Waals surface area contributed by atoms with Gasteiger partial charge in [-0.25, -0.2) is 4.79 Å². The summed E-state index contributed by atoms with van der Waals surface area (Å²) in [4.78, 5) is 56.4. The zero-order chi connectivity index (χ0) is 43.3. The summed E-state index contributed by atoms with van der Waals surface area (Å²) in [6.45, 7) is 4.91. The van der Waals surface area contributed by atoms with Crippen molar-refractivity contribution in [1.82, 2.24) is 10.2 Å². The van der Waals surface area contributed by atoms with Crippen LogP contribution in [0.4, 0.5) is 0 Å². The fraction of sp³-hybridized carbons (Fsp3) is 0.469. The lowest BCUT2D eigenvalue weighted by Gasteiger charge is -2.34. The molecule has 1 heterocycles. The molecule has 3 N–H and O–H groups in total. The van der Waals surface area contributed by atoms with Crippen LogP contribution in [0.5, 0.6) is 5.75 Å². The van der Waals surface area contributed by atoms with Crippen LogP contribution in [-0.4, -0.2) is 94.3 Å². The average molecular weight is 835 g/mol. The molecule has 7 rings (SSSR count). The highest BCUT2D eigenvalue weighted by atomic mass is 16.8. The highest BCUT2D eigenvalue weighted by Gasteiger charge is 2.64. The van der Waals surface area contributed by atoms with Gasteiger partial charge in [0.1, 0.15) is 35.7 Å². The molecule has 2 amide bonds. The maximum atomic E-state index is 14.6. The number of phenols is 1. The Morgan fingerprint density at radius 3 is 2.25 bits per heavy atom. The number of aliphatic hydroxyl groups is 1. The van der Waals surface area contributed by atoms with Crippen LogP contribution >= 0.6 is 0 Å². The van der Waals surface area contributed by atoms with Gasteiger partial charge in [0.25, 0.3) is 0 Å². The van der Waals surface area contributed by atoms with Crippen LogP contribution in [-0.2, 0) is 46.2 Å². The number of benzene rings is 3. The van der Waals surface area contributed by atoms with Crippen LogP contribution in [0.3, 0.4) is 0 Å². The van der Waals surface area contributed by atoms with Crippen molar-refractivity contribution in [2.75, 3.05) is 13.7 Å². The highest BCUT2D eigenvalue weighted by molar-refractivity contribution is 5.97. The number of hydrogen-bond donors (Lipinski definition) is 3. The standard InChI is InChI=1S/C49H58N2O10/c1-48(2,3)60-43(54)26-25-38(30-52)50-45(55)39(27-32-11-6-5-7-12-32)51(4)46(56)35-28-41(44-42(29-35)59-49(61-44,36-21-22-36)37-23-24-37)58-47(57)34-19-17-31(18-20-34)13-10-15-33-14-8-9-16-40(33)53/h5-14,16-20,29,36-39,41-42,44,52-53H,15,21-28,30H2,1-4H3,(H,50,55)/t38-,39+,41+,42+,44-/m0/s1. The molecule has 5 atom stereocenters. The van der Waals surface area contributed by atoms with Gasteiger partial charge in [-0.2, -0.15) is 0 Å². The molecule has 4 aliphatic rings. The number of amides is 2. The lowest BCUT2D eigenvalue weighted by atomic mass is 9.90. The Balaban J connectivity index is 1.08. The van der Waals surface area contributed by atoms with E-state index in [0.717, 1.165) is 42.4 Å². The molecule has 2 saturated carbocycles. The van der Waals surface area contributed by atoms with E-state index in [9.17, 15) is 29.4 Å². The molecule has 12 heteroatoms. The number of para-hydroxylation sites is 1. The molecule has 61 heavy (non-hydrogen) atoms. The van der Waals surface area contributed by atoms with Gasteiger partial charge in [-0.15, -0.1) is 0 Å². The molecular formula is C49H58N2O10. The zero-order valence-corrected chi connectivity index (χ0v) is 35.5. The smallest absolute Gasteiger partial charge is 0.338 e. The SMILES string of the molecule is CN(C(=O)C1=C[C@H]2OC(C3CC3)(C3CC3)O[C@H]2[C@H](OC(=O)c2ccc(C=CCc3ccccc3O)cc2)C1)[C@H](Cc1ccccc1)C(=O)N[C@H](CO)CCC(=O)OC(C)(C)C. The van der Waals surface area contributed by atoms with Crippen LogP contribution in [0, 0.1) is 11.8 Å². The van der Waals surface area contributed by atoms with Gasteiger partial charge >= 0.3 is 11.9 Å². The van der Waals surface area contributed by atoms with Crippen LogP contribution in [0.25, 0.3) is 6.08 Å². The number of esters is 2. The summed E-state index contributed by atoms with van der Waals surface area (Å²) in [5.41, 5.74) is 2.52. The minimum atomic E-state index is -0.992. The topological polar surface area (TPSA) is 161 Å². The normalized spacial score (nSPS) is 21.8. The molecule has 0 bridgehead atoms. The molecule has 0 spiro atoms. The Bertz CT molecular complexity index is 2090. The number of nitrogens with one attached hydrogen (secondary N) is 1. The second kappa shape index (κ2) is 18.8. The van der Waals surface area contributed by atoms with Gasteiger partial charge in [0.15, 0.2) is 5.79 Å². The van der Waals surface area contributed by atoms with Gasteiger partial charge in [-0.3, -0.25) is 14.4 Å². The van der Waals surface area contributed by atoms with Crippen molar-refractivity contribution in [2.24, 2.45) is 11.8 Å². The number of nitrogens with zero attached hydrogens (tertiary/aromatic N) is 1. The van der Waals surface area contributed by atoms with Gasteiger partial charge in [0.2, 0.25) is 11.8 Å². The van der Waals surface area contributed by atoms with Crippen molar-refractivity contribution in [3.63, 3.8) is 0 Å². The van der Waals surface area contributed by atoms with Gasteiger partial charge in [0, 0.05) is 43.7 Å². The monoisotopic (exact) mass is 834 g/mol. The Morgan fingerprint density at radius 2 is 1.61 bits per heavy atom. The molecule has 12 nitrogen and oxygen atoms in total. The number of aromatic hydroxyl groups is 1. The molecule has 3 aromatic carbocycles. The number of ether oxygens (including phenoxy) is 4. The number of hydrogen-bond acceptors (Lipinski definition) is 10. The predicted octanol–water partition coefficient (Wildman–Crippen LogP) is 6.47. The first kappa shape index (κ1) is 43.8. The number of carbonyl (C=O) groups is 4. The number of rotatable bonds is 17. The molecule has 0 unspecified atom stereocenters. The Hall–Kier alpha value is -5.30. The van der Waals surface area contributed by atoms with Gasteiger partial charge < -0.3 is 39.4 Å². The summed E-state index contributed by atoms with van der Waals surface area (Å²) in [5, 5.41) is 23.2. The van der Waals surface area contributed by atoms with E-state index >= 15 is 0 Å². The van der Waals surface area contributed by atoms with Crippen molar-refractivity contribution in [2.45, 2.75) is 120 Å². The number of allylic oxidation sites excluding steroid dienone is 1. The summed E-state index contributed by atoms with van der Waals surface area (Å²) in [6.07, 6.45) is 8.37. The Kier molecular flexibility index (Phi) is 13.5. The first-order chi connectivity index (χ1) is 29.2. The zero-order valence-electron chi connectivity index (χ0n) is 35.5. The molecule has 3 aromatic rings. The van der Waals surface area contributed by atoms with Gasteiger partial charge in [-0.05, 0) is 100 Å². The van der Waals surface area contributed by atoms with Crippen molar-refractivity contribution in [3.8, 4) is 5.75 Å². The fourth-order valence-electron chi connectivity index (χ4n) is 8.30. The third kappa shape index (κ3) is 11.0. The summed E-state index contributed by atoms with van der Waals surface area (Å²) >= 11 is 0. The summed E-state index contributed by atoms with van der Waals surface area (Å²) < 4.78 is 25.3. The molecule has 0 radical (unpaired) electrons. The fourth-order valence-corrected chi connectivity index (χ4v) is 8.30. The van der Waals surface area contributed by atoms with E-state index in [1.165, 1.54) is 4.90 Å². The molecule has 324 valence electrons. The van der Waals surface area contributed by atoms with E-state index in [1.807, 2.05) is 66.7 Å². The largest absolute Gasteiger partial charge is 0.508 e. The second-order valence-corrected chi connectivity index (χ2v) is 17.8. The van der Waals surface area contributed by atoms with Gasteiger partial charge in [0.05, 0.1) is 18.2 Å². The minimum Gasteiger partial charge on any atom is -0.508 e. The number of carbonyl (C=O) groups excluding carboxylic acids is 4. The van der Waals surface area contributed by atoms with Crippen LogP contribution in [0.1, 0.15) is 92.8 Å². The summed E-state index contributed by atoms with van der Waals surface area (Å²) in [7, 11) is 1.57. The van der Waals surface area contributed by atoms with E-state index in [4.69, 9.17) is 18.9 Å². The van der Waals surface area contributed by atoms with E-state index < -0.39 is 72.1 Å². The summed E-state index contributed by atoms with van der Waals surface area (Å²) in [5.74, 6) is -2.00.